The highest BCUT2D eigenvalue weighted by Crippen LogP contribution is 2.12. The lowest BCUT2D eigenvalue weighted by Crippen LogP contribution is -2.43. The molecular formula is C20H26N2O5. The van der Waals surface area contributed by atoms with Gasteiger partial charge in [-0.15, -0.1) is 0 Å². The van der Waals surface area contributed by atoms with Crippen LogP contribution in [0.25, 0.3) is 6.08 Å². The largest absolute Gasteiger partial charge is 0.497 e. The SMILES string of the molecule is COc1ccc(/C=C/C(=O)N[C@@H](C)C(=O)O[C@H](C)C(=O)N2CCCC2)cc1. The Bertz CT molecular complexity index is 693. The van der Waals surface area contributed by atoms with Crippen LogP contribution in [0, 0.1) is 0 Å². The smallest absolute Gasteiger partial charge is 0.329 e. The second kappa shape index (κ2) is 9.75. The van der Waals surface area contributed by atoms with Gasteiger partial charge in [0, 0.05) is 19.2 Å². The molecule has 146 valence electrons. The van der Waals surface area contributed by atoms with Crippen LogP contribution in [0.5, 0.6) is 5.75 Å². The zero-order chi connectivity index (χ0) is 19.8. The summed E-state index contributed by atoms with van der Waals surface area (Å²) in [4.78, 5) is 38.0. The van der Waals surface area contributed by atoms with Gasteiger partial charge in [-0.05, 0) is 50.5 Å². The molecule has 0 radical (unpaired) electrons. The van der Waals surface area contributed by atoms with Gasteiger partial charge in [-0.2, -0.15) is 0 Å². The maximum absolute atomic E-state index is 12.2. The lowest BCUT2D eigenvalue weighted by Gasteiger charge is -2.21. The summed E-state index contributed by atoms with van der Waals surface area (Å²) >= 11 is 0. The number of hydrogen-bond donors (Lipinski definition) is 1. The van der Waals surface area contributed by atoms with Gasteiger partial charge < -0.3 is 19.7 Å². The molecule has 1 aromatic carbocycles. The zero-order valence-electron chi connectivity index (χ0n) is 15.9. The van der Waals surface area contributed by atoms with E-state index in [1.807, 2.05) is 12.1 Å². The molecule has 1 aliphatic heterocycles. The van der Waals surface area contributed by atoms with E-state index < -0.39 is 24.0 Å². The molecule has 0 aromatic heterocycles. The van der Waals surface area contributed by atoms with E-state index in [2.05, 4.69) is 5.32 Å². The molecule has 27 heavy (non-hydrogen) atoms. The van der Waals surface area contributed by atoms with Crippen molar-refractivity contribution >= 4 is 23.9 Å². The fourth-order valence-corrected chi connectivity index (χ4v) is 2.73. The summed E-state index contributed by atoms with van der Waals surface area (Å²) in [5, 5.41) is 2.54. The minimum atomic E-state index is -0.857. The Morgan fingerprint density at radius 2 is 1.74 bits per heavy atom. The molecule has 2 atom stereocenters. The fourth-order valence-electron chi connectivity index (χ4n) is 2.73. The summed E-state index contributed by atoms with van der Waals surface area (Å²) in [5.74, 6) is -0.528. The summed E-state index contributed by atoms with van der Waals surface area (Å²) < 4.78 is 10.3. The lowest BCUT2D eigenvalue weighted by atomic mass is 10.2. The van der Waals surface area contributed by atoms with Gasteiger partial charge in [-0.25, -0.2) is 4.79 Å². The van der Waals surface area contributed by atoms with E-state index in [1.165, 1.54) is 13.0 Å². The summed E-state index contributed by atoms with van der Waals surface area (Å²) in [7, 11) is 1.58. The Morgan fingerprint density at radius 1 is 1.11 bits per heavy atom. The van der Waals surface area contributed by atoms with Gasteiger partial charge in [0.15, 0.2) is 6.10 Å². The van der Waals surface area contributed by atoms with Crippen molar-refractivity contribution in [2.45, 2.75) is 38.8 Å². The van der Waals surface area contributed by atoms with E-state index in [0.29, 0.717) is 13.1 Å². The number of esters is 1. The zero-order valence-corrected chi connectivity index (χ0v) is 15.9. The van der Waals surface area contributed by atoms with E-state index >= 15 is 0 Å². The highest BCUT2D eigenvalue weighted by Gasteiger charge is 2.27. The standard InChI is InChI=1S/C20H26N2O5/c1-14(20(25)27-15(2)19(24)22-12-4-5-13-22)21-18(23)11-8-16-6-9-17(26-3)10-7-16/h6-11,14-15H,4-5,12-13H2,1-3H3,(H,21,23)/b11-8+/t14-,15+/m0/s1. The maximum Gasteiger partial charge on any atom is 0.329 e. The van der Waals surface area contributed by atoms with Crippen molar-refractivity contribution in [3.8, 4) is 5.75 Å². The number of methoxy groups -OCH3 is 1. The highest BCUT2D eigenvalue weighted by molar-refractivity contribution is 5.95. The van der Waals surface area contributed by atoms with E-state index in [9.17, 15) is 14.4 Å². The molecule has 2 rings (SSSR count). The van der Waals surface area contributed by atoms with Crippen LogP contribution in [0.2, 0.25) is 0 Å². The summed E-state index contributed by atoms with van der Waals surface area (Å²) in [6.45, 7) is 4.47. The van der Waals surface area contributed by atoms with Gasteiger partial charge in [-0.3, -0.25) is 9.59 Å². The van der Waals surface area contributed by atoms with Crippen LogP contribution in [0.3, 0.4) is 0 Å². The minimum absolute atomic E-state index is 0.196. The molecule has 1 aromatic rings. The molecule has 0 saturated carbocycles. The molecular weight excluding hydrogens is 348 g/mol. The van der Waals surface area contributed by atoms with Gasteiger partial charge in [0.2, 0.25) is 5.91 Å². The topological polar surface area (TPSA) is 84.9 Å². The quantitative estimate of drug-likeness (QED) is 0.581. The Morgan fingerprint density at radius 3 is 2.33 bits per heavy atom. The van der Waals surface area contributed by atoms with Crippen LogP contribution in [-0.4, -0.2) is 55.0 Å². The van der Waals surface area contributed by atoms with Crippen molar-refractivity contribution in [3.05, 3.63) is 35.9 Å². The van der Waals surface area contributed by atoms with Crippen LogP contribution in [0.4, 0.5) is 0 Å². The fraction of sp³-hybridized carbons (Fsp3) is 0.450. The average molecular weight is 374 g/mol. The van der Waals surface area contributed by atoms with Crippen LogP contribution >= 0.6 is 0 Å². The molecule has 7 nitrogen and oxygen atoms in total. The van der Waals surface area contributed by atoms with Gasteiger partial charge in [0.25, 0.3) is 5.91 Å². The first kappa shape index (κ1) is 20.5. The molecule has 1 saturated heterocycles. The van der Waals surface area contributed by atoms with Crippen LogP contribution in [0.1, 0.15) is 32.3 Å². The second-order valence-corrected chi connectivity index (χ2v) is 6.45. The number of nitrogens with one attached hydrogen (secondary N) is 1. The molecule has 0 spiro atoms. The lowest BCUT2D eigenvalue weighted by molar-refractivity contribution is -0.160. The number of rotatable bonds is 7. The monoisotopic (exact) mass is 374 g/mol. The predicted octanol–water partition coefficient (Wildman–Crippen LogP) is 1.77. The highest BCUT2D eigenvalue weighted by atomic mass is 16.5. The summed E-state index contributed by atoms with van der Waals surface area (Å²) in [6.07, 6.45) is 4.06. The summed E-state index contributed by atoms with van der Waals surface area (Å²) in [5.41, 5.74) is 0.825. The molecule has 0 bridgehead atoms. The number of benzene rings is 1. The number of carbonyl (C=O) groups excluding carboxylic acids is 3. The molecule has 0 aliphatic carbocycles. The number of ether oxygens (including phenoxy) is 2. The molecule has 1 aliphatic rings. The third kappa shape index (κ3) is 6.13. The van der Waals surface area contributed by atoms with Gasteiger partial charge >= 0.3 is 5.97 Å². The number of carbonyl (C=O) groups is 3. The van der Waals surface area contributed by atoms with Crippen molar-refractivity contribution < 1.29 is 23.9 Å². The third-order valence-electron chi connectivity index (χ3n) is 4.31. The van der Waals surface area contributed by atoms with Crippen molar-refractivity contribution in [1.29, 1.82) is 0 Å². The maximum atomic E-state index is 12.2. The minimum Gasteiger partial charge on any atom is -0.497 e. The van der Waals surface area contributed by atoms with Crippen molar-refractivity contribution in [2.75, 3.05) is 20.2 Å². The van der Waals surface area contributed by atoms with Crippen molar-refractivity contribution in [2.24, 2.45) is 0 Å². The Hall–Kier alpha value is -2.83. The van der Waals surface area contributed by atoms with Crippen LogP contribution in [-0.2, 0) is 19.1 Å². The molecule has 0 unspecified atom stereocenters. The number of hydrogen-bond acceptors (Lipinski definition) is 5. The molecule has 1 heterocycles. The molecule has 1 fully saturated rings. The molecule has 7 heteroatoms. The van der Waals surface area contributed by atoms with E-state index in [-0.39, 0.29) is 5.91 Å². The van der Waals surface area contributed by atoms with Crippen molar-refractivity contribution in [1.82, 2.24) is 10.2 Å². The van der Waals surface area contributed by atoms with Crippen LogP contribution in [0.15, 0.2) is 30.3 Å². The van der Waals surface area contributed by atoms with Gasteiger partial charge in [0.05, 0.1) is 7.11 Å². The van der Waals surface area contributed by atoms with Gasteiger partial charge in [-0.1, -0.05) is 12.1 Å². The van der Waals surface area contributed by atoms with Crippen molar-refractivity contribution in [3.63, 3.8) is 0 Å². The Kier molecular flexibility index (Phi) is 7.40. The number of nitrogens with zero attached hydrogens (tertiary/aromatic N) is 1. The van der Waals surface area contributed by atoms with E-state index in [4.69, 9.17) is 9.47 Å². The second-order valence-electron chi connectivity index (χ2n) is 6.45. The average Bonchev–Trinajstić information content (AvgIpc) is 3.20. The first-order valence-electron chi connectivity index (χ1n) is 9.02. The molecule has 2 amide bonds. The first-order chi connectivity index (χ1) is 12.9. The molecule has 1 N–H and O–H groups in total. The number of likely N-dealkylation sites (tertiary alicyclic amines) is 1. The third-order valence-corrected chi connectivity index (χ3v) is 4.31. The van der Waals surface area contributed by atoms with E-state index in [0.717, 1.165) is 24.2 Å². The van der Waals surface area contributed by atoms with Gasteiger partial charge in [0.1, 0.15) is 11.8 Å². The van der Waals surface area contributed by atoms with E-state index in [1.54, 1.807) is 37.1 Å². The normalized spacial score (nSPS) is 16.0. The Balaban J connectivity index is 1.80. The first-order valence-corrected chi connectivity index (χ1v) is 9.02. The predicted molar refractivity (Wildman–Crippen MR) is 101 cm³/mol. The van der Waals surface area contributed by atoms with Crippen LogP contribution < -0.4 is 10.1 Å². The summed E-state index contributed by atoms with van der Waals surface area (Å²) in [6, 6.07) is 6.34. The number of amides is 2. The Labute approximate surface area is 159 Å².